The fourth-order valence-electron chi connectivity index (χ4n) is 1.84. The first-order valence-electron chi connectivity index (χ1n) is 6.34. The first-order chi connectivity index (χ1) is 9.57. The Labute approximate surface area is 122 Å². The standard InChI is InChI=1S/C13H18F3NO3S/c1-9-6-11(8-18)7-12(10(9)2)21(19,20)17-5-3-4-13(14,15)16/h6-7,17-18H,3-5,8H2,1-2H3. The van der Waals surface area contributed by atoms with Crippen molar-refractivity contribution in [1.29, 1.82) is 0 Å². The van der Waals surface area contributed by atoms with E-state index in [1.54, 1.807) is 19.9 Å². The summed E-state index contributed by atoms with van der Waals surface area (Å²) in [6.45, 7) is 2.72. The Morgan fingerprint density at radius 3 is 2.38 bits per heavy atom. The number of aryl methyl sites for hydroxylation is 1. The zero-order valence-electron chi connectivity index (χ0n) is 11.8. The minimum absolute atomic E-state index is 0.0152. The molecule has 0 amide bonds. The van der Waals surface area contributed by atoms with Crippen molar-refractivity contribution in [2.24, 2.45) is 0 Å². The van der Waals surface area contributed by atoms with E-state index in [1.165, 1.54) is 6.07 Å². The molecule has 0 aliphatic rings. The van der Waals surface area contributed by atoms with Crippen molar-refractivity contribution in [3.63, 3.8) is 0 Å². The molecule has 0 spiro atoms. The molecule has 8 heteroatoms. The van der Waals surface area contributed by atoms with Gasteiger partial charge in [0.15, 0.2) is 0 Å². The van der Waals surface area contributed by atoms with E-state index in [2.05, 4.69) is 4.72 Å². The molecule has 2 N–H and O–H groups in total. The molecule has 4 nitrogen and oxygen atoms in total. The van der Waals surface area contributed by atoms with Gasteiger partial charge in [0.2, 0.25) is 10.0 Å². The summed E-state index contributed by atoms with van der Waals surface area (Å²) >= 11 is 0. The summed E-state index contributed by atoms with van der Waals surface area (Å²) in [6.07, 6.45) is -5.65. The van der Waals surface area contributed by atoms with Crippen molar-refractivity contribution in [3.8, 4) is 0 Å². The van der Waals surface area contributed by atoms with Crippen LogP contribution in [0, 0.1) is 13.8 Å². The molecule has 1 aromatic carbocycles. The molecule has 120 valence electrons. The Bertz CT molecular complexity index is 597. The van der Waals surface area contributed by atoms with Gasteiger partial charge in [0, 0.05) is 13.0 Å². The molecule has 0 radical (unpaired) electrons. The fourth-order valence-corrected chi connectivity index (χ4v) is 3.28. The first-order valence-corrected chi connectivity index (χ1v) is 7.82. The SMILES string of the molecule is Cc1cc(CO)cc(S(=O)(=O)NCCCC(F)(F)F)c1C. The van der Waals surface area contributed by atoms with Gasteiger partial charge in [-0.25, -0.2) is 13.1 Å². The van der Waals surface area contributed by atoms with Crippen LogP contribution in [0.1, 0.15) is 29.5 Å². The predicted octanol–water partition coefficient (Wildman–Crippen LogP) is 2.42. The van der Waals surface area contributed by atoms with Crippen molar-refractivity contribution in [1.82, 2.24) is 4.72 Å². The molecule has 0 aliphatic heterocycles. The molecule has 0 unspecified atom stereocenters. The van der Waals surface area contributed by atoms with E-state index < -0.39 is 22.6 Å². The van der Waals surface area contributed by atoms with Crippen LogP contribution in [0.5, 0.6) is 0 Å². The highest BCUT2D eigenvalue weighted by Crippen LogP contribution is 2.23. The number of aliphatic hydroxyl groups is 1. The molecule has 1 rings (SSSR count). The van der Waals surface area contributed by atoms with Crippen molar-refractivity contribution < 1.29 is 26.7 Å². The number of halogens is 3. The highest BCUT2D eigenvalue weighted by Gasteiger charge is 2.26. The number of nitrogens with one attached hydrogen (secondary N) is 1. The van der Waals surface area contributed by atoms with Crippen LogP contribution in [0.25, 0.3) is 0 Å². The summed E-state index contributed by atoms with van der Waals surface area (Å²) in [5, 5.41) is 9.11. The lowest BCUT2D eigenvalue weighted by molar-refractivity contribution is -0.135. The zero-order valence-corrected chi connectivity index (χ0v) is 12.6. The number of benzene rings is 1. The second-order valence-electron chi connectivity index (χ2n) is 4.81. The van der Waals surface area contributed by atoms with E-state index in [9.17, 15) is 21.6 Å². The third-order valence-electron chi connectivity index (χ3n) is 3.08. The summed E-state index contributed by atoms with van der Waals surface area (Å²) in [5.41, 5.74) is 1.64. The summed E-state index contributed by atoms with van der Waals surface area (Å²) in [5.74, 6) is 0. The van der Waals surface area contributed by atoms with Gasteiger partial charge in [0.05, 0.1) is 11.5 Å². The van der Waals surface area contributed by atoms with Crippen LogP contribution < -0.4 is 4.72 Å². The van der Waals surface area contributed by atoms with E-state index in [0.717, 1.165) is 0 Å². The summed E-state index contributed by atoms with van der Waals surface area (Å²) in [6, 6.07) is 2.99. The van der Waals surface area contributed by atoms with Gasteiger partial charge in [0.25, 0.3) is 0 Å². The van der Waals surface area contributed by atoms with E-state index in [0.29, 0.717) is 16.7 Å². The molecule has 0 atom stereocenters. The Morgan fingerprint density at radius 1 is 1.24 bits per heavy atom. The van der Waals surface area contributed by atoms with Crippen LogP contribution in [-0.4, -0.2) is 26.2 Å². The quantitative estimate of drug-likeness (QED) is 0.790. The van der Waals surface area contributed by atoms with Gasteiger partial charge in [0.1, 0.15) is 0 Å². The summed E-state index contributed by atoms with van der Waals surface area (Å²) in [4.78, 5) is -0.0152. The first kappa shape index (κ1) is 17.9. The molecule has 0 bridgehead atoms. The fraction of sp³-hybridized carbons (Fsp3) is 0.538. The van der Waals surface area contributed by atoms with Gasteiger partial charge in [-0.15, -0.1) is 0 Å². The molecule has 1 aromatic rings. The maximum Gasteiger partial charge on any atom is 0.389 e. The van der Waals surface area contributed by atoms with Crippen molar-refractivity contribution in [3.05, 3.63) is 28.8 Å². The van der Waals surface area contributed by atoms with Gasteiger partial charge < -0.3 is 5.11 Å². The molecule has 0 heterocycles. The van der Waals surface area contributed by atoms with Crippen LogP contribution in [0.15, 0.2) is 17.0 Å². The predicted molar refractivity (Wildman–Crippen MR) is 72.3 cm³/mol. The lowest BCUT2D eigenvalue weighted by Gasteiger charge is -2.13. The van der Waals surface area contributed by atoms with Crippen LogP contribution in [0.3, 0.4) is 0 Å². The lowest BCUT2D eigenvalue weighted by Crippen LogP contribution is -2.26. The van der Waals surface area contributed by atoms with Crippen LogP contribution >= 0.6 is 0 Å². The molecule has 21 heavy (non-hydrogen) atoms. The largest absolute Gasteiger partial charge is 0.392 e. The second kappa shape index (κ2) is 6.76. The number of aliphatic hydroxyl groups excluding tert-OH is 1. The molecular weight excluding hydrogens is 307 g/mol. The maximum absolute atomic E-state index is 12.1. The lowest BCUT2D eigenvalue weighted by atomic mass is 10.1. The molecular formula is C13H18F3NO3S. The third kappa shape index (κ3) is 5.29. The zero-order chi connectivity index (χ0) is 16.3. The monoisotopic (exact) mass is 325 g/mol. The maximum atomic E-state index is 12.1. The normalized spacial score (nSPS) is 12.7. The number of hydrogen-bond donors (Lipinski definition) is 2. The Hall–Kier alpha value is -1.12. The Morgan fingerprint density at radius 2 is 1.86 bits per heavy atom. The molecule has 0 aromatic heterocycles. The van der Waals surface area contributed by atoms with E-state index in [4.69, 9.17) is 5.11 Å². The number of sulfonamides is 1. The van der Waals surface area contributed by atoms with Gasteiger partial charge in [-0.05, 0) is 43.0 Å². The van der Waals surface area contributed by atoms with Gasteiger partial charge in [-0.3, -0.25) is 0 Å². The molecule has 0 saturated heterocycles. The van der Waals surface area contributed by atoms with Gasteiger partial charge in [-0.1, -0.05) is 6.07 Å². The second-order valence-corrected chi connectivity index (χ2v) is 6.55. The van der Waals surface area contributed by atoms with E-state index >= 15 is 0 Å². The van der Waals surface area contributed by atoms with Gasteiger partial charge in [-0.2, -0.15) is 13.2 Å². The number of alkyl halides is 3. The summed E-state index contributed by atoms with van der Waals surface area (Å²) < 4.78 is 62.4. The van der Waals surface area contributed by atoms with Crippen LogP contribution in [0.2, 0.25) is 0 Å². The van der Waals surface area contributed by atoms with Crippen LogP contribution in [-0.2, 0) is 16.6 Å². The minimum Gasteiger partial charge on any atom is -0.392 e. The molecule has 0 aliphatic carbocycles. The van der Waals surface area contributed by atoms with Gasteiger partial charge >= 0.3 is 6.18 Å². The Balaban J connectivity index is 2.86. The Kier molecular flexibility index (Phi) is 5.77. The topological polar surface area (TPSA) is 66.4 Å². The summed E-state index contributed by atoms with van der Waals surface area (Å²) in [7, 11) is -3.89. The minimum atomic E-state index is -4.30. The number of rotatable bonds is 6. The van der Waals surface area contributed by atoms with Crippen molar-refractivity contribution >= 4 is 10.0 Å². The van der Waals surface area contributed by atoms with E-state index in [1.807, 2.05) is 0 Å². The van der Waals surface area contributed by atoms with Crippen LogP contribution in [0.4, 0.5) is 13.2 Å². The number of hydrogen-bond acceptors (Lipinski definition) is 3. The highest BCUT2D eigenvalue weighted by molar-refractivity contribution is 7.89. The highest BCUT2D eigenvalue weighted by atomic mass is 32.2. The van der Waals surface area contributed by atoms with Crippen molar-refractivity contribution in [2.45, 2.75) is 44.4 Å². The average Bonchev–Trinajstić information content (AvgIpc) is 2.36. The third-order valence-corrected chi connectivity index (χ3v) is 4.67. The average molecular weight is 325 g/mol. The smallest absolute Gasteiger partial charge is 0.389 e. The molecule has 0 saturated carbocycles. The molecule has 0 fully saturated rings. The van der Waals surface area contributed by atoms with Crippen molar-refractivity contribution in [2.75, 3.05) is 6.54 Å². The van der Waals surface area contributed by atoms with E-state index in [-0.39, 0.29) is 24.5 Å².